The van der Waals surface area contributed by atoms with Gasteiger partial charge >= 0.3 is 5.91 Å². The predicted molar refractivity (Wildman–Crippen MR) is 132 cm³/mol. The normalized spacial score (nSPS) is 20.3. The van der Waals surface area contributed by atoms with Gasteiger partial charge in [0.05, 0.1) is 30.0 Å². The van der Waals surface area contributed by atoms with Crippen molar-refractivity contribution in [3.63, 3.8) is 0 Å². The molecule has 0 saturated heterocycles. The van der Waals surface area contributed by atoms with E-state index in [-0.39, 0.29) is 17.8 Å². The van der Waals surface area contributed by atoms with E-state index in [4.69, 9.17) is 9.84 Å². The molecule has 0 spiro atoms. The molecule has 6 rings (SSSR count). The molecule has 1 amide bonds. The minimum atomic E-state index is -0.491. The van der Waals surface area contributed by atoms with Crippen LogP contribution in [0.3, 0.4) is 0 Å². The van der Waals surface area contributed by atoms with Gasteiger partial charge in [0.25, 0.3) is 5.69 Å². The van der Waals surface area contributed by atoms with Gasteiger partial charge < -0.3 is 20.4 Å². The van der Waals surface area contributed by atoms with E-state index < -0.39 is 5.91 Å². The van der Waals surface area contributed by atoms with Crippen molar-refractivity contribution in [3.8, 4) is 5.75 Å². The van der Waals surface area contributed by atoms with Gasteiger partial charge in [0.15, 0.2) is 0 Å². The Kier molecular flexibility index (Phi) is 5.53. The maximum Gasteiger partial charge on any atom is 0.321 e. The Labute approximate surface area is 202 Å². The average Bonchev–Trinajstić information content (AvgIpc) is 3.61. The van der Waals surface area contributed by atoms with Crippen molar-refractivity contribution in [2.45, 2.75) is 50.7 Å². The van der Waals surface area contributed by atoms with E-state index >= 15 is 0 Å². The minimum absolute atomic E-state index is 0.0217. The van der Waals surface area contributed by atoms with Crippen molar-refractivity contribution < 1.29 is 19.4 Å². The van der Waals surface area contributed by atoms with Crippen molar-refractivity contribution in [2.24, 2.45) is 5.92 Å². The summed E-state index contributed by atoms with van der Waals surface area (Å²) in [7, 11) is 0. The number of nitrogens with one attached hydrogen (secondary N) is 1. The molecule has 2 fully saturated rings. The fourth-order valence-electron chi connectivity index (χ4n) is 4.82. The first kappa shape index (κ1) is 21.9. The standard InChI is InChI=1S/C27H28N4O4/c32-21-10-8-20(9-11-21)30-15-19-13-23(26(14-22(19)29-30)35-16-17-5-6-17)28-27(33)25-12-7-18-3-1-2-4-24(18)31(25)34/h1-4,7,12-15,17,20-21,32H,5-6,8-11,16H2,(H,28,33). The van der Waals surface area contributed by atoms with Gasteiger partial charge in [-0.15, -0.1) is 0 Å². The van der Waals surface area contributed by atoms with E-state index in [1.165, 1.54) is 0 Å². The summed E-state index contributed by atoms with van der Waals surface area (Å²) in [6.45, 7) is 0.590. The Morgan fingerprint density at radius 1 is 1.09 bits per heavy atom. The fourth-order valence-corrected chi connectivity index (χ4v) is 4.82. The zero-order valence-electron chi connectivity index (χ0n) is 19.4. The second kappa shape index (κ2) is 8.85. The SMILES string of the molecule is O=C(Nc1cc2cn(C3CCC(O)CC3)nc2cc1OCC1CC1)c1ccc2ccccc2[n+]1[O-]. The summed E-state index contributed by atoms with van der Waals surface area (Å²) in [6.07, 6.45) is 7.39. The summed E-state index contributed by atoms with van der Waals surface area (Å²) in [5.41, 5.74) is 1.78. The lowest BCUT2D eigenvalue weighted by atomic mass is 9.93. The van der Waals surface area contributed by atoms with Crippen LogP contribution in [0, 0.1) is 11.1 Å². The second-order valence-electron chi connectivity index (χ2n) is 9.76. The molecule has 2 aliphatic carbocycles. The quantitative estimate of drug-likeness (QED) is 0.321. The highest BCUT2D eigenvalue weighted by molar-refractivity contribution is 6.04. The third-order valence-corrected chi connectivity index (χ3v) is 7.11. The van der Waals surface area contributed by atoms with Gasteiger partial charge in [0.2, 0.25) is 5.52 Å². The molecule has 2 aromatic carbocycles. The number of ether oxygens (including phenoxy) is 1. The number of benzene rings is 2. The van der Waals surface area contributed by atoms with Crippen LogP contribution < -0.4 is 14.8 Å². The maximum atomic E-state index is 13.2. The fraction of sp³-hybridized carbons (Fsp3) is 0.370. The predicted octanol–water partition coefficient (Wildman–Crippen LogP) is 4.34. The van der Waals surface area contributed by atoms with Gasteiger partial charge in [0, 0.05) is 35.2 Å². The Balaban J connectivity index is 1.32. The van der Waals surface area contributed by atoms with E-state index in [0.29, 0.717) is 34.2 Å². The maximum absolute atomic E-state index is 13.2. The molecule has 35 heavy (non-hydrogen) atoms. The highest BCUT2D eigenvalue weighted by Crippen LogP contribution is 2.36. The van der Waals surface area contributed by atoms with Crippen LogP contribution in [0.5, 0.6) is 5.75 Å². The molecule has 8 nitrogen and oxygen atoms in total. The lowest BCUT2D eigenvalue weighted by Gasteiger charge is -2.25. The molecule has 2 aromatic heterocycles. The molecule has 180 valence electrons. The molecule has 2 heterocycles. The number of hydrogen-bond acceptors (Lipinski definition) is 5. The third kappa shape index (κ3) is 4.41. The lowest BCUT2D eigenvalue weighted by Crippen LogP contribution is -2.37. The van der Waals surface area contributed by atoms with Crippen molar-refractivity contribution >= 4 is 33.4 Å². The van der Waals surface area contributed by atoms with Crippen molar-refractivity contribution in [3.05, 3.63) is 65.6 Å². The molecule has 2 aliphatic rings. The molecule has 2 N–H and O–H groups in total. The number of aliphatic hydroxyl groups excluding tert-OH is 1. The van der Waals surface area contributed by atoms with Crippen LogP contribution in [-0.2, 0) is 0 Å². The molecule has 4 aromatic rings. The first-order chi connectivity index (χ1) is 17.0. The first-order valence-electron chi connectivity index (χ1n) is 12.3. The first-order valence-corrected chi connectivity index (χ1v) is 12.3. The number of aliphatic hydroxyl groups is 1. The van der Waals surface area contributed by atoms with E-state index in [1.807, 2.05) is 35.1 Å². The number of fused-ring (bicyclic) bond motifs is 2. The smallest absolute Gasteiger partial charge is 0.321 e. The van der Waals surface area contributed by atoms with Crippen LogP contribution >= 0.6 is 0 Å². The second-order valence-corrected chi connectivity index (χ2v) is 9.76. The summed E-state index contributed by atoms with van der Waals surface area (Å²) >= 11 is 0. The molecule has 0 unspecified atom stereocenters. The van der Waals surface area contributed by atoms with E-state index in [1.54, 1.807) is 24.3 Å². The topological polar surface area (TPSA) is 103 Å². The van der Waals surface area contributed by atoms with Gasteiger partial charge in [-0.05, 0) is 62.6 Å². The van der Waals surface area contributed by atoms with E-state index in [0.717, 1.165) is 54.8 Å². The van der Waals surface area contributed by atoms with Crippen LogP contribution in [0.2, 0.25) is 0 Å². The Morgan fingerprint density at radius 2 is 1.89 bits per heavy atom. The van der Waals surface area contributed by atoms with Gasteiger partial charge in [-0.25, -0.2) is 0 Å². The van der Waals surface area contributed by atoms with Crippen LogP contribution in [0.4, 0.5) is 5.69 Å². The van der Waals surface area contributed by atoms with Gasteiger partial charge in [-0.3, -0.25) is 9.48 Å². The zero-order valence-corrected chi connectivity index (χ0v) is 19.4. The third-order valence-electron chi connectivity index (χ3n) is 7.11. The highest BCUT2D eigenvalue weighted by atomic mass is 16.5. The van der Waals surface area contributed by atoms with Crippen molar-refractivity contribution in [2.75, 3.05) is 11.9 Å². The van der Waals surface area contributed by atoms with Crippen molar-refractivity contribution in [1.82, 2.24) is 9.78 Å². The summed E-state index contributed by atoms with van der Waals surface area (Å²) in [4.78, 5) is 13.2. The average molecular weight is 473 g/mol. The number of amides is 1. The molecular weight excluding hydrogens is 444 g/mol. The number of carbonyl (C=O) groups excluding carboxylic acids is 1. The van der Waals surface area contributed by atoms with E-state index in [9.17, 15) is 15.1 Å². The summed E-state index contributed by atoms with van der Waals surface area (Å²) in [5, 5.41) is 32.1. The zero-order chi connectivity index (χ0) is 23.9. The van der Waals surface area contributed by atoms with Gasteiger partial charge in [0.1, 0.15) is 5.75 Å². The number of pyridine rings is 1. The summed E-state index contributed by atoms with van der Waals surface area (Å²) in [5.74, 6) is 0.611. The monoisotopic (exact) mass is 472 g/mol. The number of rotatable bonds is 6. The Morgan fingerprint density at radius 3 is 2.69 bits per heavy atom. The van der Waals surface area contributed by atoms with Crippen LogP contribution in [-0.4, -0.2) is 33.5 Å². The number of hydrogen-bond donors (Lipinski definition) is 2. The lowest BCUT2D eigenvalue weighted by molar-refractivity contribution is -0.579. The number of anilines is 1. The molecule has 0 atom stereocenters. The molecule has 0 aliphatic heterocycles. The van der Waals surface area contributed by atoms with Gasteiger partial charge in [-0.1, -0.05) is 12.1 Å². The van der Waals surface area contributed by atoms with Crippen LogP contribution in [0.1, 0.15) is 55.1 Å². The van der Waals surface area contributed by atoms with Gasteiger partial charge in [-0.2, -0.15) is 9.83 Å². The highest BCUT2D eigenvalue weighted by Gasteiger charge is 2.25. The Hall–Kier alpha value is -3.65. The minimum Gasteiger partial charge on any atom is -0.618 e. The summed E-state index contributed by atoms with van der Waals surface area (Å²) < 4.78 is 8.74. The molecular formula is C27H28N4O4. The molecule has 0 radical (unpaired) electrons. The number of para-hydroxylation sites is 1. The van der Waals surface area contributed by atoms with Crippen molar-refractivity contribution in [1.29, 1.82) is 0 Å². The largest absolute Gasteiger partial charge is 0.618 e. The molecule has 2 saturated carbocycles. The number of nitrogens with zero attached hydrogens (tertiary/aromatic N) is 3. The summed E-state index contributed by atoms with van der Waals surface area (Å²) in [6, 6.07) is 14.5. The Bertz CT molecular complexity index is 1400. The number of carbonyl (C=O) groups is 1. The van der Waals surface area contributed by atoms with E-state index in [2.05, 4.69) is 5.32 Å². The molecule has 0 bridgehead atoms. The van der Waals surface area contributed by atoms with Crippen LogP contribution in [0.25, 0.3) is 21.8 Å². The molecule has 8 heteroatoms. The van der Waals surface area contributed by atoms with Crippen LogP contribution in [0.15, 0.2) is 54.7 Å². The number of aromatic nitrogens is 3.